The van der Waals surface area contributed by atoms with Crippen molar-refractivity contribution in [1.82, 2.24) is 5.32 Å². The fourth-order valence-electron chi connectivity index (χ4n) is 1.74. The summed E-state index contributed by atoms with van der Waals surface area (Å²) in [6.45, 7) is 0.405. The number of hydrogen-bond donors (Lipinski definition) is 2. The van der Waals surface area contributed by atoms with Crippen molar-refractivity contribution < 1.29 is 9.90 Å². The second kappa shape index (κ2) is 7.12. The standard InChI is InChI=1S/C10H19NO2S/c12-6-5-11-10(13)8-14-7-9-3-1-2-4-9/h9,12H,1-8H2,(H,11,13). The van der Waals surface area contributed by atoms with Crippen LogP contribution in [0.1, 0.15) is 25.7 Å². The minimum absolute atomic E-state index is 0.0268. The Morgan fingerprint density at radius 3 is 2.79 bits per heavy atom. The van der Waals surface area contributed by atoms with Crippen molar-refractivity contribution in [2.75, 3.05) is 24.7 Å². The summed E-state index contributed by atoms with van der Waals surface area (Å²) in [6.07, 6.45) is 5.40. The zero-order valence-electron chi connectivity index (χ0n) is 8.50. The molecule has 0 aliphatic heterocycles. The molecule has 82 valence electrons. The molecule has 1 fully saturated rings. The molecular weight excluding hydrogens is 198 g/mol. The maximum absolute atomic E-state index is 11.1. The number of carbonyl (C=O) groups is 1. The SMILES string of the molecule is O=C(CSCC1CCCC1)NCCO. The van der Waals surface area contributed by atoms with Crippen LogP contribution in [0.15, 0.2) is 0 Å². The molecule has 2 N–H and O–H groups in total. The molecule has 3 nitrogen and oxygen atoms in total. The van der Waals surface area contributed by atoms with Gasteiger partial charge in [0, 0.05) is 6.54 Å². The maximum atomic E-state index is 11.1. The van der Waals surface area contributed by atoms with E-state index in [0.717, 1.165) is 11.7 Å². The van der Waals surface area contributed by atoms with Gasteiger partial charge in [-0.1, -0.05) is 12.8 Å². The lowest BCUT2D eigenvalue weighted by atomic mass is 10.1. The van der Waals surface area contributed by atoms with Gasteiger partial charge in [-0.25, -0.2) is 0 Å². The van der Waals surface area contributed by atoms with Gasteiger partial charge in [0.05, 0.1) is 12.4 Å². The minimum Gasteiger partial charge on any atom is -0.395 e. The van der Waals surface area contributed by atoms with Crippen molar-refractivity contribution in [3.63, 3.8) is 0 Å². The van der Waals surface area contributed by atoms with E-state index >= 15 is 0 Å². The number of rotatable bonds is 6. The van der Waals surface area contributed by atoms with Gasteiger partial charge in [-0.15, -0.1) is 0 Å². The summed E-state index contributed by atoms with van der Waals surface area (Å²) in [5.74, 6) is 2.54. The van der Waals surface area contributed by atoms with E-state index in [0.29, 0.717) is 12.3 Å². The molecule has 1 aliphatic rings. The van der Waals surface area contributed by atoms with E-state index in [4.69, 9.17) is 5.11 Å². The van der Waals surface area contributed by atoms with Gasteiger partial charge in [-0.3, -0.25) is 4.79 Å². The quantitative estimate of drug-likeness (QED) is 0.698. The first-order valence-electron chi connectivity index (χ1n) is 5.28. The molecular formula is C10H19NO2S. The van der Waals surface area contributed by atoms with Gasteiger partial charge >= 0.3 is 0 Å². The van der Waals surface area contributed by atoms with Crippen LogP contribution in [0.4, 0.5) is 0 Å². The summed E-state index contributed by atoms with van der Waals surface area (Å²) >= 11 is 1.72. The Kier molecular flexibility index (Phi) is 6.03. The largest absolute Gasteiger partial charge is 0.395 e. The smallest absolute Gasteiger partial charge is 0.230 e. The fraction of sp³-hybridized carbons (Fsp3) is 0.900. The molecule has 0 heterocycles. The van der Waals surface area contributed by atoms with Gasteiger partial charge in [0.15, 0.2) is 0 Å². The van der Waals surface area contributed by atoms with E-state index in [1.54, 1.807) is 11.8 Å². The second-order valence-electron chi connectivity index (χ2n) is 3.74. The number of thioether (sulfide) groups is 1. The Hall–Kier alpha value is -0.220. The predicted molar refractivity (Wildman–Crippen MR) is 59.4 cm³/mol. The molecule has 4 heteroatoms. The van der Waals surface area contributed by atoms with E-state index in [9.17, 15) is 4.79 Å². The van der Waals surface area contributed by atoms with Gasteiger partial charge in [0.25, 0.3) is 0 Å². The molecule has 0 radical (unpaired) electrons. The highest BCUT2D eigenvalue weighted by Gasteiger charge is 2.14. The van der Waals surface area contributed by atoms with Crippen LogP contribution in [0.3, 0.4) is 0 Å². The summed E-state index contributed by atoms with van der Waals surface area (Å²) in [6, 6.07) is 0. The van der Waals surface area contributed by atoms with Gasteiger partial charge in [0.2, 0.25) is 5.91 Å². The van der Waals surface area contributed by atoms with E-state index in [2.05, 4.69) is 5.32 Å². The van der Waals surface area contributed by atoms with Crippen LogP contribution >= 0.6 is 11.8 Å². The van der Waals surface area contributed by atoms with E-state index < -0.39 is 0 Å². The molecule has 0 spiro atoms. The topological polar surface area (TPSA) is 49.3 Å². The van der Waals surface area contributed by atoms with E-state index in [1.165, 1.54) is 25.7 Å². The van der Waals surface area contributed by atoms with Crippen molar-refractivity contribution >= 4 is 17.7 Å². The number of aliphatic hydroxyl groups excluding tert-OH is 1. The highest BCUT2D eigenvalue weighted by molar-refractivity contribution is 7.99. The van der Waals surface area contributed by atoms with Crippen molar-refractivity contribution in [1.29, 1.82) is 0 Å². The average Bonchev–Trinajstić information content (AvgIpc) is 2.67. The third kappa shape index (κ3) is 4.86. The number of nitrogens with one attached hydrogen (secondary N) is 1. The van der Waals surface area contributed by atoms with Gasteiger partial charge < -0.3 is 10.4 Å². The summed E-state index contributed by atoms with van der Waals surface area (Å²) in [4.78, 5) is 11.1. The molecule has 1 saturated carbocycles. The number of aliphatic hydroxyl groups is 1. The summed E-state index contributed by atoms with van der Waals surface area (Å²) in [5.41, 5.74) is 0. The highest BCUT2D eigenvalue weighted by Crippen LogP contribution is 2.27. The lowest BCUT2D eigenvalue weighted by Gasteiger charge is -2.07. The Balaban J connectivity index is 1.94. The molecule has 1 aliphatic carbocycles. The molecule has 1 amide bonds. The Labute approximate surface area is 89.6 Å². The second-order valence-corrected chi connectivity index (χ2v) is 4.77. The Morgan fingerprint density at radius 2 is 2.14 bits per heavy atom. The van der Waals surface area contributed by atoms with Crippen molar-refractivity contribution in [2.45, 2.75) is 25.7 Å². The van der Waals surface area contributed by atoms with E-state index in [-0.39, 0.29) is 12.5 Å². The zero-order valence-corrected chi connectivity index (χ0v) is 9.31. The summed E-state index contributed by atoms with van der Waals surface area (Å²) in [5, 5.41) is 11.1. The fourth-order valence-corrected chi connectivity index (χ4v) is 2.81. The molecule has 0 saturated heterocycles. The average molecular weight is 217 g/mol. The lowest BCUT2D eigenvalue weighted by Crippen LogP contribution is -2.28. The van der Waals surface area contributed by atoms with Crippen LogP contribution in [0.5, 0.6) is 0 Å². The minimum atomic E-state index is 0.0268. The van der Waals surface area contributed by atoms with Crippen molar-refractivity contribution in [2.24, 2.45) is 5.92 Å². The number of amides is 1. The normalized spacial score (nSPS) is 17.2. The number of carbonyl (C=O) groups excluding carboxylic acids is 1. The molecule has 14 heavy (non-hydrogen) atoms. The van der Waals surface area contributed by atoms with E-state index in [1.807, 2.05) is 0 Å². The van der Waals surface area contributed by atoms with Gasteiger partial charge in [-0.05, 0) is 24.5 Å². The first-order valence-corrected chi connectivity index (χ1v) is 6.43. The van der Waals surface area contributed by atoms with Gasteiger partial charge in [-0.2, -0.15) is 11.8 Å². The molecule has 0 aromatic rings. The molecule has 0 aromatic carbocycles. The molecule has 0 aromatic heterocycles. The van der Waals surface area contributed by atoms with Crippen LogP contribution in [0.2, 0.25) is 0 Å². The predicted octanol–water partition coefficient (Wildman–Crippen LogP) is 1.02. The molecule has 1 rings (SSSR count). The summed E-state index contributed by atoms with van der Waals surface area (Å²) < 4.78 is 0. The summed E-state index contributed by atoms with van der Waals surface area (Å²) in [7, 11) is 0. The van der Waals surface area contributed by atoms with Crippen LogP contribution in [-0.4, -0.2) is 35.7 Å². The Bertz CT molecular complexity index is 170. The number of hydrogen-bond acceptors (Lipinski definition) is 3. The third-order valence-corrected chi connectivity index (χ3v) is 3.67. The highest BCUT2D eigenvalue weighted by atomic mass is 32.2. The maximum Gasteiger partial charge on any atom is 0.230 e. The molecule has 0 atom stereocenters. The van der Waals surface area contributed by atoms with Crippen molar-refractivity contribution in [3.05, 3.63) is 0 Å². The van der Waals surface area contributed by atoms with Crippen LogP contribution < -0.4 is 5.32 Å². The lowest BCUT2D eigenvalue weighted by molar-refractivity contribution is -0.118. The van der Waals surface area contributed by atoms with Crippen molar-refractivity contribution in [3.8, 4) is 0 Å². The first kappa shape index (κ1) is 11.9. The van der Waals surface area contributed by atoms with Crippen LogP contribution in [-0.2, 0) is 4.79 Å². The first-order chi connectivity index (χ1) is 6.83. The third-order valence-electron chi connectivity index (χ3n) is 2.50. The van der Waals surface area contributed by atoms with Crippen LogP contribution in [0.25, 0.3) is 0 Å². The van der Waals surface area contributed by atoms with Crippen LogP contribution in [0, 0.1) is 5.92 Å². The molecule has 0 bridgehead atoms. The Morgan fingerprint density at radius 1 is 1.43 bits per heavy atom. The molecule has 0 unspecified atom stereocenters. The monoisotopic (exact) mass is 217 g/mol. The zero-order chi connectivity index (χ0) is 10.2. The van der Waals surface area contributed by atoms with Gasteiger partial charge in [0.1, 0.15) is 0 Å².